The molecule has 3 rings (SSSR count). The highest BCUT2D eigenvalue weighted by atomic mass is 16.2. The summed E-state index contributed by atoms with van der Waals surface area (Å²) < 4.78 is 0. The Hall–Kier alpha value is -3.36. The van der Waals surface area contributed by atoms with Crippen LogP contribution in [0, 0.1) is 0 Å². The maximum Gasteiger partial charge on any atom is 0.251 e. The van der Waals surface area contributed by atoms with Crippen LogP contribution in [0.4, 0.5) is 0 Å². The van der Waals surface area contributed by atoms with Gasteiger partial charge >= 0.3 is 0 Å². The highest BCUT2D eigenvalue weighted by molar-refractivity contribution is 6.29. The number of nitrogens with two attached hydrogens (primary N) is 2. The minimum Gasteiger partial charge on any atom is -0.351 e. The van der Waals surface area contributed by atoms with Crippen LogP contribution in [0.3, 0.4) is 0 Å². The van der Waals surface area contributed by atoms with Crippen LogP contribution >= 0.6 is 0 Å². The fourth-order valence-electron chi connectivity index (χ4n) is 3.01. The third-order valence-corrected chi connectivity index (χ3v) is 4.40. The lowest BCUT2D eigenvalue weighted by atomic mass is 9.82. The summed E-state index contributed by atoms with van der Waals surface area (Å²) in [5.74, 6) is -1.48. The second kappa shape index (κ2) is 8.12. The van der Waals surface area contributed by atoms with Crippen molar-refractivity contribution in [3.63, 3.8) is 0 Å². The van der Waals surface area contributed by atoms with E-state index in [-0.39, 0.29) is 56.8 Å². The summed E-state index contributed by atoms with van der Waals surface area (Å²) in [6.07, 6.45) is 0. The predicted octanol–water partition coefficient (Wildman–Crippen LogP) is -0.161. The molecular weight excluding hydrogens is 360 g/mol. The van der Waals surface area contributed by atoms with Crippen molar-refractivity contribution in [1.82, 2.24) is 10.6 Å². The van der Waals surface area contributed by atoms with Crippen LogP contribution in [0.15, 0.2) is 36.4 Å². The topological polar surface area (TPSA) is 144 Å². The number of carbonyl (C=O) groups excluding carboxylic acids is 4. The van der Waals surface area contributed by atoms with Crippen molar-refractivity contribution in [2.75, 3.05) is 26.2 Å². The lowest BCUT2D eigenvalue weighted by molar-refractivity contribution is 0.0943. The molecule has 0 bridgehead atoms. The summed E-state index contributed by atoms with van der Waals surface area (Å²) >= 11 is 0. The molecule has 8 heteroatoms. The minimum atomic E-state index is -0.369. The Labute approximate surface area is 161 Å². The SMILES string of the molecule is NCCNC(=O)c1ccc2c(c1)C(=O)c1ccc(C(=O)NCCN)cc1C2=O. The van der Waals surface area contributed by atoms with Gasteiger partial charge in [0.05, 0.1) is 0 Å². The van der Waals surface area contributed by atoms with E-state index in [0.717, 1.165) is 0 Å². The van der Waals surface area contributed by atoms with E-state index < -0.39 is 0 Å². The third kappa shape index (κ3) is 3.55. The zero-order valence-electron chi connectivity index (χ0n) is 15.1. The number of fused-ring (bicyclic) bond motifs is 2. The number of rotatable bonds is 6. The molecule has 144 valence electrons. The van der Waals surface area contributed by atoms with Crippen molar-refractivity contribution < 1.29 is 19.2 Å². The molecule has 0 aliphatic heterocycles. The van der Waals surface area contributed by atoms with E-state index in [9.17, 15) is 19.2 Å². The van der Waals surface area contributed by atoms with Crippen LogP contribution in [0.5, 0.6) is 0 Å². The number of nitrogens with one attached hydrogen (secondary N) is 2. The van der Waals surface area contributed by atoms with E-state index in [1.54, 1.807) is 0 Å². The Bertz CT molecular complexity index is 905. The van der Waals surface area contributed by atoms with Crippen molar-refractivity contribution >= 4 is 23.4 Å². The molecule has 0 fully saturated rings. The van der Waals surface area contributed by atoms with E-state index in [4.69, 9.17) is 11.5 Å². The van der Waals surface area contributed by atoms with E-state index in [2.05, 4.69) is 10.6 Å². The quantitative estimate of drug-likeness (QED) is 0.468. The molecule has 2 aromatic carbocycles. The van der Waals surface area contributed by atoms with Crippen LogP contribution in [-0.2, 0) is 0 Å². The summed E-state index contributed by atoms with van der Waals surface area (Å²) in [5.41, 5.74) is 12.0. The minimum absolute atomic E-state index is 0.165. The van der Waals surface area contributed by atoms with Crippen LogP contribution in [0.25, 0.3) is 0 Å². The average Bonchev–Trinajstić information content (AvgIpc) is 2.73. The van der Waals surface area contributed by atoms with Gasteiger partial charge in [-0.25, -0.2) is 0 Å². The van der Waals surface area contributed by atoms with Crippen molar-refractivity contribution in [2.24, 2.45) is 11.5 Å². The number of carbonyl (C=O) groups is 4. The molecule has 6 N–H and O–H groups in total. The normalized spacial score (nSPS) is 12.2. The molecule has 0 aromatic heterocycles. The molecule has 1 aliphatic rings. The molecular formula is C20H20N4O4. The van der Waals surface area contributed by atoms with Crippen LogP contribution < -0.4 is 22.1 Å². The summed E-state index contributed by atoms with van der Waals surface area (Å²) in [4.78, 5) is 50.0. The first-order valence-corrected chi connectivity index (χ1v) is 8.82. The summed E-state index contributed by atoms with van der Waals surface area (Å²) in [6, 6.07) is 8.70. The monoisotopic (exact) mass is 380 g/mol. The zero-order valence-corrected chi connectivity index (χ0v) is 15.1. The summed E-state index contributed by atoms with van der Waals surface area (Å²) in [5, 5.41) is 5.25. The molecule has 0 atom stereocenters. The van der Waals surface area contributed by atoms with E-state index in [1.165, 1.54) is 36.4 Å². The van der Waals surface area contributed by atoms with Crippen molar-refractivity contribution in [3.8, 4) is 0 Å². The molecule has 2 aromatic rings. The zero-order chi connectivity index (χ0) is 20.3. The lowest BCUT2D eigenvalue weighted by Crippen LogP contribution is -2.30. The average molecular weight is 380 g/mol. The van der Waals surface area contributed by atoms with Gasteiger partial charge in [0.2, 0.25) is 0 Å². The van der Waals surface area contributed by atoms with Gasteiger partial charge in [0, 0.05) is 59.6 Å². The summed E-state index contributed by atoms with van der Waals surface area (Å²) in [7, 11) is 0. The Kier molecular flexibility index (Phi) is 5.62. The number of ketones is 2. The van der Waals surface area contributed by atoms with Gasteiger partial charge < -0.3 is 22.1 Å². The van der Waals surface area contributed by atoms with E-state index in [1.807, 2.05) is 0 Å². The van der Waals surface area contributed by atoms with Gasteiger partial charge in [0.15, 0.2) is 11.6 Å². The van der Waals surface area contributed by atoms with Crippen LogP contribution in [-0.4, -0.2) is 49.6 Å². The molecule has 2 amide bonds. The van der Waals surface area contributed by atoms with Gasteiger partial charge in [-0.15, -0.1) is 0 Å². The molecule has 8 nitrogen and oxygen atoms in total. The Morgan fingerprint density at radius 1 is 0.679 bits per heavy atom. The number of hydrogen-bond donors (Lipinski definition) is 4. The van der Waals surface area contributed by atoms with Gasteiger partial charge in [-0.05, 0) is 36.4 Å². The Balaban J connectivity index is 1.96. The molecule has 0 unspecified atom stereocenters. The molecule has 28 heavy (non-hydrogen) atoms. The first kappa shape index (κ1) is 19.4. The lowest BCUT2D eigenvalue weighted by Gasteiger charge is -2.19. The Morgan fingerprint density at radius 2 is 1.07 bits per heavy atom. The fraction of sp³-hybridized carbons (Fsp3) is 0.200. The first-order valence-electron chi connectivity index (χ1n) is 8.82. The van der Waals surface area contributed by atoms with Crippen LogP contribution in [0.1, 0.15) is 52.6 Å². The van der Waals surface area contributed by atoms with Gasteiger partial charge in [0.1, 0.15) is 0 Å². The van der Waals surface area contributed by atoms with Gasteiger partial charge in [-0.2, -0.15) is 0 Å². The second-order valence-electron chi connectivity index (χ2n) is 6.27. The second-order valence-corrected chi connectivity index (χ2v) is 6.27. The molecule has 0 saturated carbocycles. The summed E-state index contributed by atoms with van der Waals surface area (Å²) in [6.45, 7) is 1.20. The number of amides is 2. The first-order chi connectivity index (χ1) is 13.5. The van der Waals surface area contributed by atoms with Crippen molar-refractivity contribution in [3.05, 3.63) is 69.8 Å². The van der Waals surface area contributed by atoms with E-state index >= 15 is 0 Å². The smallest absolute Gasteiger partial charge is 0.251 e. The molecule has 1 aliphatic carbocycles. The van der Waals surface area contributed by atoms with E-state index in [0.29, 0.717) is 26.2 Å². The predicted molar refractivity (Wildman–Crippen MR) is 103 cm³/mol. The fourth-order valence-corrected chi connectivity index (χ4v) is 3.01. The largest absolute Gasteiger partial charge is 0.351 e. The highest BCUT2D eigenvalue weighted by Gasteiger charge is 2.31. The highest BCUT2D eigenvalue weighted by Crippen LogP contribution is 2.28. The number of hydrogen-bond acceptors (Lipinski definition) is 6. The maximum absolute atomic E-state index is 12.9. The van der Waals surface area contributed by atoms with Gasteiger partial charge in [0.25, 0.3) is 11.8 Å². The van der Waals surface area contributed by atoms with Crippen LogP contribution in [0.2, 0.25) is 0 Å². The number of benzene rings is 2. The Morgan fingerprint density at radius 3 is 1.43 bits per heavy atom. The molecule has 0 saturated heterocycles. The maximum atomic E-state index is 12.9. The molecule has 0 heterocycles. The standard InChI is InChI=1S/C20H20N4O4/c21-5-7-23-19(27)11-1-3-13-15(9-11)18(26)14-4-2-12(10-16(14)17(13)25)20(28)24-8-6-22/h1-4,9-10H,5-8,21-22H2,(H,23,27)(H,24,28). The molecule has 0 spiro atoms. The van der Waals surface area contributed by atoms with Gasteiger partial charge in [-0.1, -0.05) is 0 Å². The van der Waals surface area contributed by atoms with Crippen molar-refractivity contribution in [1.29, 1.82) is 0 Å². The van der Waals surface area contributed by atoms with Gasteiger partial charge in [-0.3, -0.25) is 19.2 Å². The third-order valence-electron chi connectivity index (χ3n) is 4.40. The van der Waals surface area contributed by atoms with Crippen molar-refractivity contribution in [2.45, 2.75) is 0 Å². The molecule has 0 radical (unpaired) electrons.